The molecule has 11 rings (SSSR count). The first-order valence-corrected chi connectivity index (χ1v) is 18.3. The van der Waals surface area contributed by atoms with E-state index in [1.165, 1.54) is 12.1 Å². The molecule has 0 radical (unpaired) electrons. The quantitative estimate of drug-likeness (QED) is 0.171. The molecule has 0 N–H and O–H groups in total. The number of aromatic nitrogens is 4. The Labute approximate surface area is 331 Å². The van der Waals surface area contributed by atoms with Gasteiger partial charge in [0.05, 0.1) is 19.3 Å². The lowest BCUT2D eigenvalue weighted by Gasteiger charge is -2.12. The summed E-state index contributed by atoms with van der Waals surface area (Å²) in [7, 11) is 0. The normalized spacial score (nSPS) is 13.1. The van der Waals surface area contributed by atoms with Gasteiger partial charge in [0.2, 0.25) is 0 Å². The zero-order valence-electron chi connectivity index (χ0n) is 35.7. The molecule has 3 heterocycles. The summed E-state index contributed by atoms with van der Waals surface area (Å²) in [4.78, 5) is 14.8. The number of furan rings is 1. The lowest BCUT2D eigenvalue weighted by Crippen LogP contribution is -2.00. The van der Waals surface area contributed by atoms with Gasteiger partial charge in [-0.2, -0.15) is 0 Å². The monoisotopic (exact) mass is 722 g/mol. The molecule has 0 unspecified atom stereocenters. The van der Waals surface area contributed by atoms with Crippen molar-refractivity contribution in [3.63, 3.8) is 0 Å². The molecule has 0 aliphatic heterocycles. The molecule has 11 aromatic rings. The van der Waals surface area contributed by atoms with Gasteiger partial charge in [-0.15, -0.1) is 0 Å². The summed E-state index contributed by atoms with van der Waals surface area (Å²) in [6.07, 6.45) is 0. The third kappa shape index (κ3) is 5.37. The van der Waals surface area contributed by atoms with E-state index in [1.54, 1.807) is 4.57 Å². The van der Waals surface area contributed by atoms with E-state index in [1.807, 2.05) is 121 Å². The fourth-order valence-corrected chi connectivity index (χ4v) is 7.53. The summed E-state index contributed by atoms with van der Waals surface area (Å²) in [5, 5.41) is 1.96. The molecule has 0 spiro atoms. The molecule has 56 heavy (non-hydrogen) atoms. The van der Waals surface area contributed by atoms with E-state index in [0.717, 1.165) is 49.7 Å². The van der Waals surface area contributed by atoms with Crippen LogP contribution in [0.25, 0.3) is 106 Å². The summed E-state index contributed by atoms with van der Waals surface area (Å²) in [5.41, 5.74) is 8.50. The third-order valence-electron chi connectivity index (χ3n) is 10.2. The summed E-state index contributed by atoms with van der Waals surface area (Å²) in [5.74, 6) is 1.56. The Bertz CT molecular complexity index is 3450. The Morgan fingerprint density at radius 3 is 1.50 bits per heavy atom. The van der Waals surface area contributed by atoms with E-state index in [9.17, 15) is 0 Å². The van der Waals surface area contributed by atoms with E-state index in [2.05, 4.69) is 24.3 Å². The zero-order valence-corrected chi connectivity index (χ0v) is 29.7. The van der Waals surface area contributed by atoms with Crippen LogP contribution in [0.5, 0.6) is 0 Å². The fraction of sp³-hybridized carbons (Fsp3) is 0. The highest BCUT2D eigenvalue weighted by atomic mass is 16.3. The summed E-state index contributed by atoms with van der Waals surface area (Å²) >= 11 is 0. The maximum Gasteiger partial charge on any atom is 0.164 e. The number of hydrogen-bond acceptors (Lipinski definition) is 4. The van der Waals surface area contributed by atoms with Gasteiger partial charge in [0.25, 0.3) is 0 Å². The van der Waals surface area contributed by atoms with Gasteiger partial charge in [-0.05, 0) is 53.0 Å². The molecule has 0 aliphatic carbocycles. The second kappa shape index (κ2) is 13.0. The topological polar surface area (TPSA) is 56.7 Å². The van der Waals surface area contributed by atoms with Gasteiger partial charge >= 0.3 is 0 Å². The Morgan fingerprint density at radius 2 is 0.911 bits per heavy atom. The molecule has 0 fully saturated rings. The van der Waals surface area contributed by atoms with Crippen molar-refractivity contribution < 1.29 is 12.6 Å². The molecule has 0 amide bonds. The number of rotatable bonds is 6. The summed E-state index contributed by atoms with van der Waals surface area (Å²) in [6.45, 7) is 0. The van der Waals surface area contributed by atoms with Crippen molar-refractivity contribution in [2.45, 2.75) is 0 Å². The number of nitrogens with zero attached hydrogens (tertiary/aromatic N) is 4. The molecular weight excluding hydrogens is 685 g/mol. The number of benzene rings is 8. The molecule has 0 aliphatic rings. The van der Waals surface area contributed by atoms with Crippen LogP contribution in [0, 0.1) is 0 Å². The van der Waals surface area contributed by atoms with Crippen molar-refractivity contribution in [1.29, 1.82) is 0 Å². The van der Waals surface area contributed by atoms with Crippen molar-refractivity contribution in [1.82, 2.24) is 19.5 Å². The molecule has 0 atom stereocenters. The third-order valence-corrected chi connectivity index (χ3v) is 10.2. The highest BCUT2D eigenvalue weighted by molar-refractivity contribution is 6.13. The molecular formula is C51H32N4O. The Balaban J connectivity index is 1.17. The van der Waals surface area contributed by atoms with Crippen LogP contribution in [0.3, 0.4) is 0 Å². The van der Waals surface area contributed by atoms with Crippen LogP contribution in [0.1, 0.15) is 8.22 Å². The van der Waals surface area contributed by atoms with Crippen LogP contribution in [-0.2, 0) is 0 Å². The molecule has 5 heteroatoms. The predicted octanol–water partition coefficient (Wildman–Crippen LogP) is 13.2. The van der Waals surface area contributed by atoms with Crippen LogP contribution in [0.4, 0.5) is 0 Å². The van der Waals surface area contributed by atoms with Crippen molar-refractivity contribution in [3.05, 3.63) is 194 Å². The zero-order chi connectivity index (χ0) is 42.2. The second-order valence-corrected chi connectivity index (χ2v) is 13.6. The number of fused-ring (bicyclic) bond motifs is 6. The van der Waals surface area contributed by atoms with Crippen LogP contribution in [0.15, 0.2) is 198 Å². The molecule has 0 saturated carbocycles. The van der Waals surface area contributed by atoms with Gasteiger partial charge in [-0.25, -0.2) is 15.0 Å². The van der Waals surface area contributed by atoms with E-state index < -0.39 is 0 Å². The van der Waals surface area contributed by atoms with E-state index in [-0.39, 0.29) is 58.1 Å². The second-order valence-electron chi connectivity index (χ2n) is 13.6. The van der Waals surface area contributed by atoms with Crippen molar-refractivity contribution in [2.75, 3.05) is 0 Å². The molecule has 5 nitrogen and oxygen atoms in total. The predicted molar refractivity (Wildman–Crippen MR) is 229 cm³/mol. The van der Waals surface area contributed by atoms with Gasteiger partial charge < -0.3 is 8.98 Å². The maximum atomic E-state index is 9.12. The maximum absolute atomic E-state index is 9.12. The molecule has 3 aromatic heterocycles. The molecule has 0 saturated heterocycles. The van der Waals surface area contributed by atoms with Gasteiger partial charge in [0, 0.05) is 49.5 Å². The highest BCUT2D eigenvalue weighted by Gasteiger charge is 2.20. The first-order chi connectivity index (χ1) is 30.2. The summed E-state index contributed by atoms with van der Waals surface area (Å²) < 4.78 is 61.8. The van der Waals surface area contributed by atoms with Gasteiger partial charge in [0.1, 0.15) is 11.2 Å². The van der Waals surface area contributed by atoms with E-state index in [0.29, 0.717) is 34.3 Å². The van der Waals surface area contributed by atoms with Crippen LogP contribution >= 0.6 is 0 Å². The van der Waals surface area contributed by atoms with Gasteiger partial charge in [0.15, 0.2) is 17.5 Å². The minimum Gasteiger partial charge on any atom is -0.455 e. The Hall–Kier alpha value is -7.63. The average Bonchev–Trinajstić information content (AvgIpc) is 3.88. The minimum absolute atomic E-state index is 0.0276. The number of hydrogen-bond donors (Lipinski definition) is 0. The Kier molecular flexibility index (Phi) is 6.10. The van der Waals surface area contributed by atoms with E-state index in [4.69, 9.17) is 27.6 Å². The van der Waals surface area contributed by atoms with Crippen LogP contribution in [0.2, 0.25) is 0 Å². The van der Waals surface area contributed by atoms with Crippen molar-refractivity contribution >= 4 is 43.7 Å². The Morgan fingerprint density at radius 1 is 0.411 bits per heavy atom. The largest absolute Gasteiger partial charge is 0.455 e. The van der Waals surface area contributed by atoms with Gasteiger partial charge in [-0.3, -0.25) is 0 Å². The smallest absolute Gasteiger partial charge is 0.164 e. The lowest BCUT2D eigenvalue weighted by molar-refractivity contribution is 0.670. The van der Waals surface area contributed by atoms with Crippen LogP contribution < -0.4 is 0 Å². The average molecular weight is 723 g/mol. The van der Waals surface area contributed by atoms with Crippen molar-refractivity contribution in [2.24, 2.45) is 0 Å². The molecule has 262 valence electrons. The standard InChI is InChI=1S/C51H32N4O/c1-4-14-33(15-5-1)34-24-26-35(27-25-34)43-31-39(55-45-22-12-10-20-40(45)41-21-11-13-23-46(41)55)32-44-42-29-28-38(30-47(42)56-48(43)44)51-53-49(36-16-6-2-7-17-36)52-50(54-51)37-18-8-3-9-19-37/h1-32H/i10D,11D,20D,21D,22D,23D. The highest BCUT2D eigenvalue weighted by Crippen LogP contribution is 2.42. The van der Waals surface area contributed by atoms with Crippen molar-refractivity contribution in [3.8, 4) is 62.1 Å². The lowest BCUT2D eigenvalue weighted by atomic mass is 9.98. The SMILES string of the molecule is [2H]c1cc([2H])c2c(c1[2H])c1c([2H])c([2H])cc([2H])c1n2-c1cc(-c2ccc(-c3ccccc3)cc2)c2oc3cc(-c4nc(-c5ccccc5)nc(-c5ccccc5)n4)ccc3c2c1. The fourth-order valence-electron chi connectivity index (χ4n) is 7.53. The van der Waals surface area contributed by atoms with E-state index >= 15 is 0 Å². The molecule has 8 aromatic carbocycles. The minimum atomic E-state index is -0.168. The van der Waals surface area contributed by atoms with Gasteiger partial charge in [-0.1, -0.05) is 158 Å². The summed E-state index contributed by atoms with van der Waals surface area (Å²) in [6, 6.07) is 49.6. The molecule has 0 bridgehead atoms. The van der Waals surface area contributed by atoms with Crippen LogP contribution in [-0.4, -0.2) is 19.5 Å². The first kappa shape index (κ1) is 26.2. The number of para-hydroxylation sites is 2. The first-order valence-electron chi connectivity index (χ1n) is 21.3.